The second kappa shape index (κ2) is 10.7. The van der Waals surface area contributed by atoms with E-state index in [1.165, 1.54) is 14.0 Å². The van der Waals surface area contributed by atoms with Crippen molar-refractivity contribution in [2.75, 3.05) is 13.7 Å². The normalized spacial score (nSPS) is 15.8. The molecule has 2 aromatic carbocycles. The molecule has 1 aliphatic heterocycles. The highest BCUT2D eigenvalue weighted by Gasteiger charge is 2.41. The highest BCUT2D eigenvalue weighted by molar-refractivity contribution is 9.10. The molecule has 2 amide bonds. The van der Waals surface area contributed by atoms with Crippen LogP contribution < -0.4 is 9.47 Å². The Balaban J connectivity index is 1.82. The van der Waals surface area contributed by atoms with Gasteiger partial charge in [0.25, 0.3) is 11.1 Å². The van der Waals surface area contributed by atoms with Crippen molar-refractivity contribution in [3.05, 3.63) is 63.0 Å². The molecular formula is C23H22BrNO6S. The van der Waals surface area contributed by atoms with E-state index in [1.54, 1.807) is 25.1 Å². The number of esters is 1. The lowest BCUT2D eigenvalue weighted by Crippen LogP contribution is -2.42. The fraction of sp³-hybridized carbons (Fsp3) is 0.261. The smallest absolute Gasteiger partial charge is 0.329 e. The van der Waals surface area contributed by atoms with Gasteiger partial charge < -0.3 is 14.2 Å². The first-order valence-corrected chi connectivity index (χ1v) is 11.4. The van der Waals surface area contributed by atoms with Crippen LogP contribution in [0.5, 0.6) is 11.5 Å². The average molecular weight is 520 g/mol. The van der Waals surface area contributed by atoms with Gasteiger partial charge >= 0.3 is 5.97 Å². The van der Waals surface area contributed by atoms with Crippen molar-refractivity contribution in [3.63, 3.8) is 0 Å². The zero-order valence-corrected chi connectivity index (χ0v) is 20.2. The van der Waals surface area contributed by atoms with Gasteiger partial charge in [-0.05, 0) is 70.9 Å². The lowest BCUT2D eigenvalue weighted by Gasteiger charge is -2.19. The van der Waals surface area contributed by atoms with Crippen molar-refractivity contribution in [3.8, 4) is 11.5 Å². The third kappa shape index (κ3) is 5.34. The Morgan fingerprint density at radius 2 is 1.94 bits per heavy atom. The number of nitrogens with zero attached hydrogens (tertiary/aromatic N) is 1. The molecule has 32 heavy (non-hydrogen) atoms. The molecule has 3 rings (SSSR count). The first-order valence-electron chi connectivity index (χ1n) is 9.83. The Bertz CT molecular complexity index is 1060. The van der Waals surface area contributed by atoms with Crippen LogP contribution in [-0.4, -0.2) is 41.8 Å². The minimum Gasteiger partial charge on any atom is -0.493 e. The molecule has 0 radical (unpaired) electrons. The molecule has 2 aromatic rings. The molecule has 0 aliphatic carbocycles. The SMILES string of the molecule is CCOC(=O)[C@H](C)N1C(=O)S/C(=C/c2cc(Br)c(OCc3ccccc3)c(OC)c2)C1=O. The molecule has 1 aliphatic rings. The first kappa shape index (κ1) is 23.9. The second-order valence-corrected chi connectivity index (χ2v) is 8.64. The predicted molar refractivity (Wildman–Crippen MR) is 125 cm³/mol. The molecule has 1 saturated heterocycles. The second-order valence-electron chi connectivity index (χ2n) is 6.79. The molecule has 1 fully saturated rings. The number of amides is 2. The van der Waals surface area contributed by atoms with E-state index in [0.717, 1.165) is 22.2 Å². The molecule has 0 bridgehead atoms. The van der Waals surface area contributed by atoms with Crippen molar-refractivity contribution < 1.29 is 28.6 Å². The van der Waals surface area contributed by atoms with Gasteiger partial charge in [-0.1, -0.05) is 30.3 Å². The summed E-state index contributed by atoms with van der Waals surface area (Å²) >= 11 is 4.27. The summed E-state index contributed by atoms with van der Waals surface area (Å²) in [6.07, 6.45) is 1.58. The van der Waals surface area contributed by atoms with Crippen molar-refractivity contribution in [1.82, 2.24) is 4.90 Å². The number of rotatable bonds is 8. The highest BCUT2D eigenvalue weighted by Crippen LogP contribution is 2.39. The largest absolute Gasteiger partial charge is 0.493 e. The number of ether oxygens (including phenoxy) is 3. The van der Waals surface area contributed by atoms with Crippen LogP contribution in [0.4, 0.5) is 4.79 Å². The minimum absolute atomic E-state index is 0.168. The lowest BCUT2D eigenvalue weighted by atomic mass is 10.1. The van der Waals surface area contributed by atoms with Gasteiger partial charge in [-0.3, -0.25) is 14.5 Å². The summed E-state index contributed by atoms with van der Waals surface area (Å²) < 4.78 is 17.0. The molecule has 0 aromatic heterocycles. The number of carbonyl (C=O) groups excluding carboxylic acids is 3. The number of thioether (sulfide) groups is 1. The van der Waals surface area contributed by atoms with Gasteiger partial charge in [0.2, 0.25) is 0 Å². The third-order valence-corrected chi connectivity index (χ3v) is 6.09. The van der Waals surface area contributed by atoms with E-state index in [-0.39, 0.29) is 11.5 Å². The molecule has 1 atom stereocenters. The van der Waals surface area contributed by atoms with E-state index in [0.29, 0.717) is 28.1 Å². The van der Waals surface area contributed by atoms with Gasteiger partial charge in [0.1, 0.15) is 12.6 Å². The molecule has 0 saturated carbocycles. The first-order chi connectivity index (χ1) is 15.3. The Morgan fingerprint density at radius 3 is 2.59 bits per heavy atom. The monoisotopic (exact) mass is 519 g/mol. The number of hydrogen-bond acceptors (Lipinski definition) is 7. The maximum atomic E-state index is 12.8. The summed E-state index contributed by atoms with van der Waals surface area (Å²) in [7, 11) is 1.52. The Labute approximate surface area is 198 Å². The quantitative estimate of drug-likeness (QED) is 0.357. The van der Waals surface area contributed by atoms with E-state index in [4.69, 9.17) is 14.2 Å². The summed E-state index contributed by atoms with van der Waals surface area (Å²) in [5.41, 5.74) is 1.64. The van der Waals surface area contributed by atoms with Crippen LogP contribution in [0.25, 0.3) is 6.08 Å². The number of carbonyl (C=O) groups is 3. The van der Waals surface area contributed by atoms with Crippen LogP contribution in [0.1, 0.15) is 25.0 Å². The number of methoxy groups -OCH3 is 1. The zero-order chi connectivity index (χ0) is 23.3. The Kier molecular flexibility index (Phi) is 7.98. The maximum Gasteiger partial charge on any atom is 0.329 e. The van der Waals surface area contributed by atoms with Crippen molar-refractivity contribution in [2.24, 2.45) is 0 Å². The standard InChI is InChI=1S/C23H22BrNO6S/c1-4-30-22(27)14(2)25-21(26)19(32-23(25)28)12-16-10-17(24)20(18(11-16)29-3)31-13-15-8-6-5-7-9-15/h5-12,14H,4,13H2,1-3H3/b19-12+/t14-/m0/s1. The summed E-state index contributed by atoms with van der Waals surface area (Å²) in [6.45, 7) is 3.66. The number of hydrogen-bond donors (Lipinski definition) is 0. The van der Waals surface area contributed by atoms with E-state index >= 15 is 0 Å². The van der Waals surface area contributed by atoms with Gasteiger partial charge in [-0.15, -0.1) is 0 Å². The highest BCUT2D eigenvalue weighted by atomic mass is 79.9. The van der Waals surface area contributed by atoms with Crippen molar-refractivity contribution in [2.45, 2.75) is 26.5 Å². The molecule has 168 valence electrons. The van der Waals surface area contributed by atoms with E-state index < -0.39 is 23.2 Å². The Morgan fingerprint density at radius 1 is 1.22 bits per heavy atom. The average Bonchev–Trinajstić information content (AvgIpc) is 3.05. The van der Waals surface area contributed by atoms with Crippen LogP contribution in [0.2, 0.25) is 0 Å². The molecule has 9 heteroatoms. The lowest BCUT2D eigenvalue weighted by molar-refractivity contribution is -0.150. The van der Waals surface area contributed by atoms with Gasteiger partial charge in [-0.25, -0.2) is 4.79 Å². The van der Waals surface area contributed by atoms with Crippen LogP contribution in [0, 0.1) is 0 Å². The summed E-state index contributed by atoms with van der Waals surface area (Å²) in [5, 5.41) is -0.518. The summed E-state index contributed by atoms with van der Waals surface area (Å²) in [5.74, 6) is -0.168. The van der Waals surface area contributed by atoms with Crippen LogP contribution >= 0.6 is 27.7 Å². The maximum absolute atomic E-state index is 12.8. The third-order valence-electron chi connectivity index (χ3n) is 4.61. The topological polar surface area (TPSA) is 82.1 Å². The van der Waals surface area contributed by atoms with E-state index in [2.05, 4.69) is 15.9 Å². The summed E-state index contributed by atoms with van der Waals surface area (Å²) in [4.78, 5) is 38.2. The van der Waals surface area contributed by atoms with Gasteiger partial charge in [0.15, 0.2) is 11.5 Å². The number of halogens is 1. The van der Waals surface area contributed by atoms with E-state index in [9.17, 15) is 14.4 Å². The number of benzene rings is 2. The molecule has 1 heterocycles. The number of imide groups is 1. The molecule has 0 spiro atoms. The molecule has 7 nitrogen and oxygen atoms in total. The van der Waals surface area contributed by atoms with Crippen molar-refractivity contribution in [1.29, 1.82) is 0 Å². The van der Waals surface area contributed by atoms with Gasteiger partial charge in [0, 0.05) is 0 Å². The van der Waals surface area contributed by atoms with Crippen LogP contribution in [-0.2, 0) is 20.9 Å². The predicted octanol–water partition coefficient (Wildman–Crippen LogP) is 5.02. The summed E-state index contributed by atoms with van der Waals surface area (Å²) in [6, 6.07) is 12.2. The van der Waals surface area contributed by atoms with Crippen LogP contribution in [0.3, 0.4) is 0 Å². The Hall–Kier alpha value is -2.78. The molecular weight excluding hydrogens is 498 g/mol. The van der Waals surface area contributed by atoms with Gasteiger partial charge in [-0.2, -0.15) is 0 Å². The van der Waals surface area contributed by atoms with Crippen molar-refractivity contribution >= 4 is 50.9 Å². The molecule has 0 N–H and O–H groups in total. The zero-order valence-electron chi connectivity index (χ0n) is 17.8. The fourth-order valence-corrected chi connectivity index (χ4v) is 4.51. The minimum atomic E-state index is -0.997. The fourth-order valence-electron chi connectivity index (χ4n) is 3.03. The van der Waals surface area contributed by atoms with Gasteiger partial charge in [0.05, 0.1) is 23.1 Å². The van der Waals surface area contributed by atoms with Crippen LogP contribution in [0.15, 0.2) is 51.8 Å². The van der Waals surface area contributed by atoms with E-state index in [1.807, 2.05) is 30.3 Å². The molecule has 0 unspecified atom stereocenters.